The van der Waals surface area contributed by atoms with Crippen molar-refractivity contribution in [3.05, 3.63) is 27.8 Å². The Morgan fingerprint density at radius 3 is 2.81 bits per heavy atom. The van der Waals surface area contributed by atoms with Crippen LogP contribution in [-0.2, 0) is 9.59 Å². The molecule has 1 saturated heterocycles. The van der Waals surface area contributed by atoms with Gasteiger partial charge in [0, 0.05) is 22.2 Å². The number of hydrogen-bond donors (Lipinski definition) is 1. The smallest absolute Gasteiger partial charge is 0.308 e. The molecule has 1 aliphatic rings. The van der Waals surface area contributed by atoms with Gasteiger partial charge < -0.3 is 10.0 Å². The molecule has 84 valence electrons. The maximum atomic E-state index is 11.7. The first-order valence-corrected chi connectivity index (χ1v) is 5.94. The van der Waals surface area contributed by atoms with Crippen molar-refractivity contribution in [3.8, 4) is 0 Å². The summed E-state index contributed by atoms with van der Waals surface area (Å²) >= 11 is 2.16. The van der Waals surface area contributed by atoms with E-state index < -0.39 is 11.9 Å². The number of carboxylic acids is 1. The highest BCUT2D eigenvalue weighted by atomic mass is 127. The van der Waals surface area contributed by atoms with E-state index in [4.69, 9.17) is 5.11 Å². The zero-order valence-electron chi connectivity index (χ0n) is 8.39. The highest BCUT2D eigenvalue weighted by Gasteiger charge is 2.34. The molecule has 0 aromatic heterocycles. The van der Waals surface area contributed by atoms with Gasteiger partial charge in [0.25, 0.3) is 0 Å². The van der Waals surface area contributed by atoms with Gasteiger partial charge in [-0.2, -0.15) is 0 Å². The van der Waals surface area contributed by atoms with Gasteiger partial charge in [-0.1, -0.05) is 6.07 Å². The summed E-state index contributed by atoms with van der Waals surface area (Å²) in [6.45, 7) is 0.272. The molecular weight excluding hydrogens is 321 g/mol. The highest BCUT2D eigenvalue weighted by Crippen LogP contribution is 2.26. The maximum Gasteiger partial charge on any atom is 0.308 e. The third-order valence-corrected chi connectivity index (χ3v) is 3.27. The quantitative estimate of drug-likeness (QED) is 0.840. The zero-order chi connectivity index (χ0) is 11.7. The largest absolute Gasteiger partial charge is 0.481 e. The molecule has 4 nitrogen and oxygen atoms in total. The number of carbonyl (C=O) groups is 2. The van der Waals surface area contributed by atoms with E-state index in [0.717, 1.165) is 9.26 Å². The molecule has 1 N–H and O–H groups in total. The Labute approximate surface area is 106 Å². The van der Waals surface area contributed by atoms with Gasteiger partial charge in [-0.15, -0.1) is 0 Å². The monoisotopic (exact) mass is 331 g/mol. The van der Waals surface area contributed by atoms with Gasteiger partial charge in [0.15, 0.2) is 0 Å². The molecular formula is C11H10INO3. The van der Waals surface area contributed by atoms with Gasteiger partial charge in [0.05, 0.1) is 5.92 Å². The summed E-state index contributed by atoms with van der Waals surface area (Å²) in [6.07, 6.45) is 0.0980. The van der Waals surface area contributed by atoms with E-state index in [1.165, 1.54) is 0 Å². The zero-order valence-corrected chi connectivity index (χ0v) is 10.5. The third-order valence-electron chi connectivity index (χ3n) is 2.59. The molecule has 1 amide bonds. The number of rotatable bonds is 2. The summed E-state index contributed by atoms with van der Waals surface area (Å²) < 4.78 is 1.03. The molecule has 1 aromatic rings. The predicted molar refractivity (Wildman–Crippen MR) is 67.3 cm³/mol. The lowest BCUT2D eigenvalue weighted by molar-refractivity contribution is -0.141. The maximum absolute atomic E-state index is 11.7. The lowest BCUT2D eigenvalue weighted by Crippen LogP contribution is -2.25. The number of aliphatic carboxylic acids is 1. The van der Waals surface area contributed by atoms with Crippen LogP contribution in [0.5, 0.6) is 0 Å². The fourth-order valence-corrected chi connectivity index (χ4v) is 2.29. The Morgan fingerprint density at radius 1 is 1.50 bits per heavy atom. The summed E-state index contributed by atoms with van der Waals surface area (Å²) in [5.74, 6) is -1.60. The van der Waals surface area contributed by atoms with Crippen LogP contribution in [0.25, 0.3) is 0 Å². The van der Waals surface area contributed by atoms with Crippen LogP contribution in [-0.4, -0.2) is 23.5 Å². The molecule has 0 aliphatic carbocycles. The minimum atomic E-state index is -0.901. The van der Waals surface area contributed by atoms with Crippen molar-refractivity contribution in [2.75, 3.05) is 11.4 Å². The molecule has 16 heavy (non-hydrogen) atoms. The van der Waals surface area contributed by atoms with Crippen LogP contribution in [0, 0.1) is 9.49 Å². The van der Waals surface area contributed by atoms with Crippen molar-refractivity contribution < 1.29 is 14.7 Å². The summed E-state index contributed by atoms with van der Waals surface area (Å²) in [6, 6.07) is 7.49. The fraction of sp³-hybridized carbons (Fsp3) is 0.273. The van der Waals surface area contributed by atoms with E-state index in [0.29, 0.717) is 0 Å². The SMILES string of the molecule is O=C(O)[C@@H]1CC(=O)N(c2cccc(I)c2)C1. The lowest BCUT2D eigenvalue weighted by atomic mass is 10.1. The molecule has 5 heteroatoms. The Bertz CT molecular complexity index is 447. The number of halogens is 1. The summed E-state index contributed by atoms with van der Waals surface area (Å²) in [7, 11) is 0. The molecule has 0 unspecified atom stereocenters. The van der Waals surface area contributed by atoms with Crippen molar-refractivity contribution in [1.29, 1.82) is 0 Å². The average Bonchev–Trinajstić information content (AvgIpc) is 2.60. The first kappa shape index (κ1) is 11.4. The molecule has 0 radical (unpaired) electrons. The third kappa shape index (κ3) is 2.18. The normalized spacial score (nSPS) is 20.2. The number of anilines is 1. The molecule has 2 rings (SSSR count). The molecule has 0 saturated carbocycles. The van der Waals surface area contributed by atoms with E-state index in [1.807, 2.05) is 24.3 Å². The Kier molecular flexibility index (Phi) is 3.13. The van der Waals surface area contributed by atoms with Crippen molar-refractivity contribution >= 4 is 40.2 Å². The molecule has 1 aliphatic heterocycles. The van der Waals surface area contributed by atoms with Gasteiger partial charge in [0.1, 0.15) is 0 Å². The standard InChI is InChI=1S/C11H10INO3/c12-8-2-1-3-9(5-8)13-6-7(11(15)16)4-10(13)14/h1-3,5,7H,4,6H2,(H,15,16)/t7-/m1/s1. The highest BCUT2D eigenvalue weighted by molar-refractivity contribution is 14.1. The van der Waals surface area contributed by atoms with Gasteiger partial charge >= 0.3 is 5.97 Å². The number of carboxylic acid groups (broad SMARTS) is 1. The Balaban J connectivity index is 2.23. The fourth-order valence-electron chi connectivity index (χ4n) is 1.77. The summed E-state index contributed by atoms with van der Waals surface area (Å²) in [4.78, 5) is 24.0. The number of amides is 1. The van der Waals surface area contributed by atoms with Gasteiger partial charge in [0.2, 0.25) is 5.91 Å². The molecule has 1 fully saturated rings. The predicted octanol–water partition coefficient (Wildman–Crippen LogP) is 1.73. The van der Waals surface area contributed by atoms with Crippen LogP contribution in [0.4, 0.5) is 5.69 Å². The molecule has 1 aromatic carbocycles. The minimum Gasteiger partial charge on any atom is -0.481 e. The second-order valence-corrected chi connectivity index (χ2v) is 4.97. The van der Waals surface area contributed by atoms with E-state index in [1.54, 1.807) is 4.90 Å². The summed E-state index contributed by atoms with van der Waals surface area (Å²) in [5.41, 5.74) is 0.778. The van der Waals surface area contributed by atoms with E-state index in [2.05, 4.69) is 22.6 Å². The molecule has 0 bridgehead atoms. The average molecular weight is 331 g/mol. The first-order chi connectivity index (χ1) is 7.58. The Hall–Kier alpha value is -1.11. The van der Waals surface area contributed by atoms with Crippen LogP contribution in [0.15, 0.2) is 24.3 Å². The van der Waals surface area contributed by atoms with Crippen molar-refractivity contribution in [3.63, 3.8) is 0 Å². The number of hydrogen-bond acceptors (Lipinski definition) is 2. The van der Waals surface area contributed by atoms with Crippen molar-refractivity contribution in [2.45, 2.75) is 6.42 Å². The van der Waals surface area contributed by atoms with Crippen LogP contribution >= 0.6 is 22.6 Å². The van der Waals surface area contributed by atoms with Gasteiger partial charge in [-0.3, -0.25) is 9.59 Å². The topological polar surface area (TPSA) is 57.6 Å². The van der Waals surface area contributed by atoms with E-state index >= 15 is 0 Å². The number of nitrogens with zero attached hydrogens (tertiary/aromatic N) is 1. The number of carbonyl (C=O) groups excluding carboxylic acids is 1. The van der Waals surface area contributed by atoms with Gasteiger partial charge in [-0.25, -0.2) is 0 Å². The second-order valence-electron chi connectivity index (χ2n) is 3.72. The lowest BCUT2D eigenvalue weighted by Gasteiger charge is -2.16. The van der Waals surface area contributed by atoms with E-state index in [9.17, 15) is 9.59 Å². The van der Waals surface area contributed by atoms with Crippen LogP contribution in [0.1, 0.15) is 6.42 Å². The summed E-state index contributed by atoms with van der Waals surface area (Å²) in [5, 5.41) is 8.87. The van der Waals surface area contributed by atoms with Gasteiger partial charge in [-0.05, 0) is 40.8 Å². The van der Waals surface area contributed by atoms with Crippen LogP contribution in [0.2, 0.25) is 0 Å². The van der Waals surface area contributed by atoms with Crippen LogP contribution in [0.3, 0.4) is 0 Å². The molecule has 0 spiro atoms. The molecule has 1 atom stereocenters. The van der Waals surface area contributed by atoms with Crippen LogP contribution < -0.4 is 4.90 Å². The second kappa shape index (κ2) is 4.40. The number of benzene rings is 1. The molecule has 1 heterocycles. The Morgan fingerprint density at radius 2 is 2.25 bits per heavy atom. The van der Waals surface area contributed by atoms with Crippen molar-refractivity contribution in [1.82, 2.24) is 0 Å². The van der Waals surface area contributed by atoms with Crippen molar-refractivity contribution in [2.24, 2.45) is 5.92 Å². The minimum absolute atomic E-state index is 0.0980. The first-order valence-electron chi connectivity index (χ1n) is 4.86. The van der Waals surface area contributed by atoms with E-state index in [-0.39, 0.29) is 18.9 Å².